The van der Waals surface area contributed by atoms with Crippen LogP contribution in [-0.2, 0) is 11.3 Å². The van der Waals surface area contributed by atoms with E-state index in [9.17, 15) is 10.4 Å². The number of anilines is 2. The Hall–Kier alpha value is -4.20. The number of rotatable bonds is 8. The number of fused-ring (bicyclic) bond motifs is 1. The molecule has 0 unspecified atom stereocenters. The molecule has 4 aromatic heterocycles. The van der Waals surface area contributed by atoms with Crippen LogP contribution in [0.2, 0.25) is 0 Å². The SMILES string of the molecule is CC(C)(O)COc1cc(-c2ccc(NCc3ccc(N4CCOCC4)nc3)nc2)c2c(C#N)cnn2c1. The third-order valence-electron chi connectivity index (χ3n) is 5.99. The molecule has 1 fully saturated rings. The zero-order valence-corrected chi connectivity index (χ0v) is 20.9. The highest BCUT2D eigenvalue weighted by atomic mass is 16.5. The van der Waals surface area contributed by atoms with E-state index in [1.165, 1.54) is 6.20 Å². The lowest BCUT2D eigenvalue weighted by Gasteiger charge is -2.27. The van der Waals surface area contributed by atoms with Gasteiger partial charge in [-0.15, -0.1) is 0 Å². The van der Waals surface area contributed by atoms with Crippen LogP contribution in [0, 0.1) is 11.3 Å². The van der Waals surface area contributed by atoms with Crippen molar-refractivity contribution in [1.29, 1.82) is 5.26 Å². The minimum Gasteiger partial charge on any atom is -0.489 e. The van der Waals surface area contributed by atoms with Gasteiger partial charge in [0, 0.05) is 43.2 Å². The average Bonchev–Trinajstić information content (AvgIpc) is 3.34. The van der Waals surface area contributed by atoms with Gasteiger partial charge in [-0.3, -0.25) is 0 Å². The van der Waals surface area contributed by atoms with E-state index in [1.54, 1.807) is 30.8 Å². The Morgan fingerprint density at radius 1 is 1.14 bits per heavy atom. The highest BCUT2D eigenvalue weighted by Crippen LogP contribution is 2.31. The van der Waals surface area contributed by atoms with Gasteiger partial charge in [0.1, 0.15) is 30.1 Å². The van der Waals surface area contributed by atoms with Crippen molar-refractivity contribution in [2.24, 2.45) is 0 Å². The van der Waals surface area contributed by atoms with Crippen LogP contribution in [0.25, 0.3) is 16.6 Å². The average molecular weight is 500 g/mol. The molecule has 0 aliphatic carbocycles. The summed E-state index contributed by atoms with van der Waals surface area (Å²) in [4.78, 5) is 11.4. The second kappa shape index (κ2) is 10.4. The summed E-state index contributed by atoms with van der Waals surface area (Å²) in [5.74, 6) is 2.22. The number of nitrogens with zero attached hydrogens (tertiary/aromatic N) is 6. The maximum atomic E-state index is 10.0. The standard InChI is InChI=1S/C27H29N7O3/c1-27(2,35)18-37-22-11-23(26-21(12-28)16-32-34(26)17-22)20-4-5-24(30-15-20)29-13-19-3-6-25(31-14-19)33-7-9-36-10-8-33/h3-6,11,14-17,35H,7-10,13,18H2,1-2H3,(H,29,30). The van der Waals surface area contributed by atoms with Gasteiger partial charge >= 0.3 is 0 Å². The van der Waals surface area contributed by atoms with Crippen LogP contribution in [0.5, 0.6) is 5.75 Å². The number of pyridine rings is 3. The number of hydrogen-bond acceptors (Lipinski definition) is 9. The summed E-state index contributed by atoms with van der Waals surface area (Å²) in [6.07, 6.45) is 6.86. The predicted molar refractivity (Wildman–Crippen MR) is 140 cm³/mol. The maximum Gasteiger partial charge on any atom is 0.138 e. The smallest absolute Gasteiger partial charge is 0.138 e. The highest BCUT2D eigenvalue weighted by molar-refractivity contribution is 5.85. The van der Waals surface area contributed by atoms with Crippen molar-refractivity contribution in [1.82, 2.24) is 19.6 Å². The molecular weight excluding hydrogens is 470 g/mol. The second-order valence-corrected chi connectivity index (χ2v) is 9.56. The molecule has 0 aromatic carbocycles. The normalized spacial score (nSPS) is 13.9. The van der Waals surface area contributed by atoms with E-state index in [1.807, 2.05) is 30.5 Å². The van der Waals surface area contributed by atoms with Crippen molar-refractivity contribution >= 4 is 17.2 Å². The van der Waals surface area contributed by atoms with E-state index in [0.717, 1.165) is 54.6 Å². The molecule has 190 valence electrons. The van der Waals surface area contributed by atoms with E-state index in [-0.39, 0.29) is 6.61 Å². The molecule has 1 aliphatic rings. The molecule has 4 aromatic rings. The van der Waals surface area contributed by atoms with E-state index >= 15 is 0 Å². The van der Waals surface area contributed by atoms with Crippen LogP contribution in [0.1, 0.15) is 25.0 Å². The van der Waals surface area contributed by atoms with Crippen LogP contribution >= 0.6 is 0 Å². The minimum absolute atomic E-state index is 0.119. The van der Waals surface area contributed by atoms with Gasteiger partial charge in [-0.2, -0.15) is 10.4 Å². The zero-order valence-electron chi connectivity index (χ0n) is 20.9. The first-order valence-electron chi connectivity index (χ1n) is 12.1. The van der Waals surface area contributed by atoms with Crippen LogP contribution in [0.15, 0.2) is 55.1 Å². The molecule has 1 aliphatic heterocycles. The molecule has 0 spiro atoms. The molecule has 0 radical (unpaired) electrons. The third-order valence-corrected chi connectivity index (χ3v) is 5.99. The lowest BCUT2D eigenvalue weighted by molar-refractivity contribution is 0.0283. The summed E-state index contributed by atoms with van der Waals surface area (Å²) >= 11 is 0. The molecule has 10 heteroatoms. The number of aromatic nitrogens is 4. The first-order chi connectivity index (χ1) is 17.9. The Morgan fingerprint density at radius 2 is 1.97 bits per heavy atom. The Kier molecular flexibility index (Phi) is 6.90. The predicted octanol–water partition coefficient (Wildman–Crippen LogP) is 3.26. The summed E-state index contributed by atoms with van der Waals surface area (Å²) in [7, 11) is 0. The highest BCUT2D eigenvalue weighted by Gasteiger charge is 2.17. The van der Waals surface area contributed by atoms with Crippen molar-refractivity contribution in [3.63, 3.8) is 0 Å². The lowest BCUT2D eigenvalue weighted by atomic mass is 10.1. The van der Waals surface area contributed by atoms with Gasteiger partial charge in [0.2, 0.25) is 0 Å². The first-order valence-corrected chi connectivity index (χ1v) is 12.1. The first kappa shape index (κ1) is 24.5. The molecule has 0 bridgehead atoms. The number of ether oxygens (including phenoxy) is 2. The lowest BCUT2D eigenvalue weighted by Crippen LogP contribution is -2.36. The molecule has 0 atom stereocenters. The summed E-state index contributed by atoms with van der Waals surface area (Å²) in [6, 6.07) is 12.0. The number of nitrogens with one attached hydrogen (secondary N) is 1. The summed E-state index contributed by atoms with van der Waals surface area (Å²) in [5, 5.41) is 27.3. The number of aliphatic hydroxyl groups is 1. The van der Waals surface area contributed by atoms with Gasteiger partial charge < -0.3 is 24.8 Å². The van der Waals surface area contributed by atoms with Crippen molar-refractivity contribution in [3.05, 3.63) is 66.2 Å². The number of hydrogen-bond donors (Lipinski definition) is 2. The van der Waals surface area contributed by atoms with Gasteiger partial charge in [0.15, 0.2) is 0 Å². The minimum atomic E-state index is -0.982. The van der Waals surface area contributed by atoms with E-state index in [0.29, 0.717) is 23.4 Å². The van der Waals surface area contributed by atoms with E-state index in [4.69, 9.17) is 9.47 Å². The van der Waals surface area contributed by atoms with Crippen LogP contribution < -0.4 is 15.0 Å². The number of morpholine rings is 1. The molecule has 5 rings (SSSR count). The molecule has 1 saturated heterocycles. The monoisotopic (exact) mass is 499 g/mol. The third kappa shape index (κ3) is 5.80. The van der Waals surface area contributed by atoms with E-state index in [2.05, 4.69) is 37.4 Å². The summed E-state index contributed by atoms with van der Waals surface area (Å²) in [5.41, 5.74) is 2.79. The van der Waals surface area contributed by atoms with E-state index < -0.39 is 5.60 Å². The second-order valence-electron chi connectivity index (χ2n) is 9.56. The van der Waals surface area contributed by atoms with Crippen molar-refractivity contribution in [3.8, 4) is 22.9 Å². The summed E-state index contributed by atoms with van der Waals surface area (Å²) < 4.78 is 12.8. The molecule has 2 N–H and O–H groups in total. The van der Waals surface area contributed by atoms with Crippen LogP contribution in [0.4, 0.5) is 11.6 Å². The molecule has 37 heavy (non-hydrogen) atoms. The zero-order chi connectivity index (χ0) is 25.8. The Morgan fingerprint density at radius 3 is 2.65 bits per heavy atom. The van der Waals surface area contributed by atoms with Crippen molar-refractivity contribution in [2.45, 2.75) is 26.0 Å². The molecule has 10 nitrogen and oxygen atoms in total. The molecular formula is C27H29N7O3. The van der Waals surface area contributed by atoms with Gasteiger partial charge in [0.05, 0.1) is 42.3 Å². The van der Waals surface area contributed by atoms with Crippen LogP contribution in [0.3, 0.4) is 0 Å². The quantitative estimate of drug-likeness (QED) is 0.376. The Bertz CT molecular complexity index is 1400. The van der Waals surface area contributed by atoms with Crippen LogP contribution in [-0.4, -0.2) is 63.2 Å². The summed E-state index contributed by atoms with van der Waals surface area (Å²) in [6.45, 7) is 7.25. The number of nitriles is 1. The maximum absolute atomic E-state index is 10.0. The van der Waals surface area contributed by atoms with Gasteiger partial charge in [0.25, 0.3) is 0 Å². The fraction of sp³-hybridized carbons (Fsp3) is 0.333. The topological polar surface area (TPSA) is 121 Å². The fourth-order valence-electron chi connectivity index (χ4n) is 4.09. The Labute approximate surface area is 215 Å². The molecule has 0 amide bonds. The molecule has 0 saturated carbocycles. The largest absolute Gasteiger partial charge is 0.489 e. The van der Waals surface area contributed by atoms with Crippen molar-refractivity contribution in [2.75, 3.05) is 43.1 Å². The van der Waals surface area contributed by atoms with Gasteiger partial charge in [-0.05, 0) is 43.7 Å². The Balaban J connectivity index is 1.31. The van der Waals surface area contributed by atoms with Gasteiger partial charge in [-0.25, -0.2) is 14.5 Å². The fourth-order valence-corrected chi connectivity index (χ4v) is 4.09. The van der Waals surface area contributed by atoms with Gasteiger partial charge in [-0.1, -0.05) is 6.07 Å². The molecule has 5 heterocycles. The van der Waals surface area contributed by atoms with Crippen molar-refractivity contribution < 1.29 is 14.6 Å².